The first kappa shape index (κ1) is 22.0. The molecule has 2 aliphatic heterocycles. The zero-order valence-electron chi connectivity index (χ0n) is 18.5. The Bertz CT molecular complexity index is 875. The standard InChI is InChI=1S/C23H30O8/c1-11-6-8-15(28-13(3)24)22(5)16(29-14(4)25)9-7-12(2)18(22)19(26)23-17(10-11)30-21(27)20(23)31-23/h7,10,15-20,26H,6,8-9H2,1-5H3/b11-10-/t15-,16+,17+,18-,19-,20+,22+,23+/m0/s1. The summed E-state index contributed by atoms with van der Waals surface area (Å²) in [5.41, 5.74) is -0.324. The minimum absolute atomic E-state index is 0.438. The lowest BCUT2D eigenvalue weighted by Crippen LogP contribution is -2.60. The molecule has 0 aromatic carbocycles. The fourth-order valence-corrected chi connectivity index (χ4v) is 5.85. The zero-order chi connectivity index (χ0) is 22.7. The topological polar surface area (TPSA) is 112 Å². The van der Waals surface area contributed by atoms with Gasteiger partial charge in [0, 0.05) is 26.2 Å². The van der Waals surface area contributed by atoms with E-state index in [0.717, 1.165) is 11.1 Å². The second-order valence-electron chi connectivity index (χ2n) is 9.43. The molecule has 4 aliphatic rings. The quantitative estimate of drug-likeness (QED) is 0.304. The molecule has 170 valence electrons. The van der Waals surface area contributed by atoms with Crippen LogP contribution in [0.5, 0.6) is 0 Å². The van der Waals surface area contributed by atoms with E-state index in [9.17, 15) is 19.5 Å². The highest BCUT2D eigenvalue weighted by Gasteiger charge is 2.78. The summed E-state index contributed by atoms with van der Waals surface area (Å²) < 4.78 is 22.8. The highest BCUT2D eigenvalue weighted by atomic mass is 16.7. The summed E-state index contributed by atoms with van der Waals surface area (Å²) in [5, 5.41) is 11.7. The van der Waals surface area contributed by atoms with Gasteiger partial charge in [-0.05, 0) is 32.8 Å². The zero-order valence-corrected chi connectivity index (χ0v) is 18.5. The summed E-state index contributed by atoms with van der Waals surface area (Å²) >= 11 is 0. The van der Waals surface area contributed by atoms with Gasteiger partial charge < -0.3 is 24.1 Å². The fourth-order valence-electron chi connectivity index (χ4n) is 5.85. The molecule has 8 heteroatoms. The van der Waals surface area contributed by atoms with Gasteiger partial charge in [-0.3, -0.25) is 9.59 Å². The molecule has 1 N–H and O–H groups in total. The number of aliphatic hydroxyl groups excluding tert-OH is 1. The first-order valence-electron chi connectivity index (χ1n) is 10.8. The molecule has 1 spiro atoms. The van der Waals surface area contributed by atoms with Gasteiger partial charge in [-0.2, -0.15) is 0 Å². The van der Waals surface area contributed by atoms with Crippen LogP contribution in [0, 0.1) is 11.3 Å². The Morgan fingerprint density at radius 1 is 1.16 bits per heavy atom. The Morgan fingerprint density at radius 3 is 2.42 bits per heavy atom. The second kappa shape index (κ2) is 7.45. The van der Waals surface area contributed by atoms with Crippen LogP contribution in [0.25, 0.3) is 0 Å². The monoisotopic (exact) mass is 434 g/mol. The number of ether oxygens (including phenoxy) is 4. The van der Waals surface area contributed by atoms with E-state index in [4.69, 9.17) is 18.9 Å². The lowest BCUT2D eigenvalue weighted by Gasteiger charge is -2.52. The van der Waals surface area contributed by atoms with Crippen LogP contribution in [0.1, 0.15) is 53.9 Å². The van der Waals surface area contributed by atoms with Crippen LogP contribution >= 0.6 is 0 Å². The smallest absolute Gasteiger partial charge is 0.339 e. The predicted molar refractivity (Wildman–Crippen MR) is 108 cm³/mol. The Balaban J connectivity index is 1.87. The maximum Gasteiger partial charge on any atom is 0.339 e. The molecule has 0 radical (unpaired) electrons. The van der Waals surface area contributed by atoms with E-state index in [0.29, 0.717) is 19.3 Å². The molecule has 0 aromatic rings. The molecule has 2 aliphatic carbocycles. The van der Waals surface area contributed by atoms with Gasteiger partial charge in [0.1, 0.15) is 12.2 Å². The maximum absolute atomic E-state index is 12.3. The predicted octanol–water partition coefficient (Wildman–Crippen LogP) is 1.99. The number of esters is 3. The van der Waals surface area contributed by atoms with Gasteiger partial charge in [0.05, 0.1) is 11.5 Å². The number of allylic oxidation sites excluding steroid dienone is 1. The van der Waals surface area contributed by atoms with Crippen LogP contribution in [0.2, 0.25) is 0 Å². The summed E-state index contributed by atoms with van der Waals surface area (Å²) in [6.07, 6.45) is 1.35. The van der Waals surface area contributed by atoms with E-state index in [1.165, 1.54) is 13.8 Å². The van der Waals surface area contributed by atoms with Crippen molar-refractivity contribution >= 4 is 17.9 Å². The second-order valence-corrected chi connectivity index (χ2v) is 9.43. The Labute approximate surface area is 181 Å². The van der Waals surface area contributed by atoms with E-state index in [-0.39, 0.29) is 0 Å². The first-order chi connectivity index (χ1) is 14.5. The van der Waals surface area contributed by atoms with Crippen molar-refractivity contribution in [2.45, 2.75) is 90.0 Å². The van der Waals surface area contributed by atoms with Crippen LogP contribution in [0.4, 0.5) is 0 Å². The van der Waals surface area contributed by atoms with Gasteiger partial charge in [0.15, 0.2) is 17.8 Å². The Hall–Kier alpha value is -2.19. The van der Waals surface area contributed by atoms with Gasteiger partial charge in [0.2, 0.25) is 0 Å². The molecule has 2 saturated heterocycles. The lowest BCUT2D eigenvalue weighted by atomic mass is 9.57. The van der Waals surface area contributed by atoms with Crippen molar-refractivity contribution in [3.8, 4) is 0 Å². The van der Waals surface area contributed by atoms with Crippen molar-refractivity contribution in [2.24, 2.45) is 11.3 Å². The molecular weight excluding hydrogens is 404 g/mol. The molecule has 0 bridgehead atoms. The summed E-state index contributed by atoms with van der Waals surface area (Å²) in [4.78, 5) is 36.3. The van der Waals surface area contributed by atoms with Crippen LogP contribution in [0.3, 0.4) is 0 Å². The fraction of sp³-hybridized carbons (Fsp3) is 0.696. The molecule has 2 heterocycles. The van der Waals surface area contributed by atoms with Gasteiger partial charge >= 0.3 is 17.9 Å². The Kier molecular flexibility index (Phi) is 5.29. The lowest BCUT2D eigenvalue weighted by molar-refractivity contribution is -0.190. The number of epoxide rings is 1. The molecule has 2 fully saturated rings. The maximum atomic E-state index is 12.3. The summed E-state index contributed by atoms with van der Waals surface area (Å²) in [5.74, 6) is -1.95. The van der Waals surface area contributed by atoms with Crippen LogP contribution in [-0.2, 0) is 33.3 Å². The SMILES string of the molecule is CC(=O)O[C@H]1CC/C(C)=C\[C@H]2OC(=O)[C@H]3O[C@]32[C@@H](O)[C@@H]2C(C)=CC[C@@H](OC(C)=O)[C@@]12C. The van der Waals surface area contributed by atoms with E-state index in [2.05, 4.69) is 0 Å². The third-order valence-electron chi connectivity index (χ3n) is 7.41. The van der Waals surface area contributed by atoms with Crippen molar-refractivity contribution in [1.82, 2.24) is 0 Å². The number of fused-ring (bicyclic) bond motifs is 1. The first-order valence-corrected chi connectivity index (χ1v) is 10.8. The highest BCUT2D eigenvalue weighted by Crippen LogP contribution is 2.59. The number of carbonyl (C=O) groups is 3. The van der Waals surface area contributed by atoms with Crippen LogP contribution in [-0.4, -0.2) is 59.1 Å². The van der Waals surface area contributed by atoms with E-state index < -0.39 is 65.4 Å². The summed E-state index contributed by atoms with van der Waals surface area (Å²) in [6.45, 7) is 8.38. The number of hydrogen-bond donors (Lipinski definition) is 1. The molecule has 0 aromatic heterocycles. The van der Waals surface area contributed by atoms with Crippen molar-refractivity contribution in [2.75, 3.05) is 0 Å². The van der Waals surface area contributed by atoms with E-state index >= 15 is 0 Å². The van der Waals surface area contributed by atoms with Gasteiger partial charge in [-0.15, -0.1) is 0 Å². The molecule has 8 atom stereocenters. The van der Waals surface area contributed by atoms with E-state index in [1.54, 1.807) is 0 Å². The van der Waals surface area contributed by atoms with Crippen molar-refractivity contribution < 1.29 is 38.4 Å². The largest absolute Gasteiger partial charge is 0.462 e. The van der Waals surface area contributed by atoms with Crippen LogP contribution in [0.15, 0.2) is 23.3 Å². The van der Waals surface area contributed by atoms with E-state index in [1.807, 2.05) is 32.9 Å². The highest BCUT2D eigenvalue weighted by molar-refractivity contribution is 5.84. The van der Waals surface area contributed by atoms with Crippen molar-refractivity contribution in [3.63, 3.8) is 0 Å². The van der Waals surface area contributed by atoms with Crippen LogP contribution < -0.4 is 0 Å². The minimum atomic E-state index is -1.20. The van der Waals surface area contributed by atoms with Gasteiger partial charge in [-0.1, -0.05) is 24.1 Å². The molecule has 31 heavy (non-hydrogen) atoms. The molecule has 0 amide bonds. The number of rotatable bonds is 2. The Morgan fingerprint density at radius 2 is 1.81 bits per heavy atom. The molecule has 0 saturated carbocycles. The normalized spacial score (nSPS) is 45.5. The van der Waals surface area contributed by atoms with Gasteiger partial charge in [0.25, 0.3) is 0 Å². The van der Waals surface area contributed by atoms with Crippen molar-refractivity contribution in [3.05, 3.63) is 23.3 Å². The third kappa shape index (κ3) is 3.31. The molecule has 8 nitrogen and oxygen atoms in total. The number of carbonyl (C=O) groups excluding carboxylic acids is 3. The number of hydrogen-bond acceptors (Lipinski definition) is 8. The third-order valence-corrected chi connectivity index (χ3v) is 7.41. The molecule has 0 unspecified atom stereocenters. The minimum Gasteiger partial charge on any atom is -0.462 e. The summed E-state index contributed by atoms with van der Waals surface area (Å²) in [7, 11) is 0. The number of aliphatic hydroxyl groups is 1. The molecule has 4 rings (SSSR count). The average Bonchev–Trinajstić information content (AvgIpc) is 3.37. The molecular formula is C23H30O8. The summed E-state index contributed by atoms with van der Waals surface area (Å²) in [6, 6.07) is 0. The van der Waals surface area contributed by atoms with Crippen molar-refractivity contribution in [1.29, 1.82) is 0 Å². The van der Waals surface area contributed by atoms with Gasteiger partial charge in [-0.25, -0.2) is 4.79 Å². The average molecular weight is 434 g/mol.